The molecule has 5 heterocycles. The second-order valence-corrected chi connectivity index (χ2v) is 13.2. The van der Waals surface area contributed by atoms with Crippen molar-refractivity contribution in [1.82, 2.24) is 19.4 Å². The molecule has 4 aromatic heterocycles. The van der Waals surface area contributed by atoms with E-state index in [-0.39, 0.29) is 42.2 Å². The second kappa shape index (κ2) is 14.6. The number of rotatable bonds is 10. The summed E-state index contributed by atoms with van der Waals surface area (Å²) in [7, 11) is 0. The first-order valence-corrected chi connectivity index (χ1v) is 17.3. The lowest BCUT2D eigenvalue weighted by Crippen LogP contribution is -2.38. The number of hydrogen-bond donors (Lipinski definition) is 1. The number of carbonyl (C=O) groups is 1. The molecular weight excluding hydrogens is 699 g/mol. The Morgan fingerprint density at radius 2 is 1.73 bits per heavy atom. The number of aromatic nitrogens is 3. The molecule has 1 fully saturated rings. The van der Waals surface area contributed by atoms with Crippen LogP contribution >= 0.6 is 11.3 Å². The van der Waals surface area contributed by atoms with Crippen LogP contribution in [0.5, 0.6) is 17.2 Å². The van der Waals surface area contributed by atoms with Crippen molar-refractivity contribution >= 4 is 33.1 Å². The average molecular weight is 730 g/mol. The maximum Gasteiger partial charge on any atom is 0.271 e. The van der Waals surface area contributed by atoms with Crippen molar-refractivity contribution in [3.63, 3.8) is 0 Å². The van der Waals surface area contributed by atoms with Crippen LogP contribution in [0.4, 0.5) is 23.2 Å². The number of benzene rings is 2. The van der Waals surface area contributed by atoms with E-state index in [0.29, 0.717) is 47.0 Å². The summed E-state index contributed by atoms with van der Waals surface area (Å²) >= 11 is 1.37. The molecule has 0 unspecified atom stereocenters. The molecule has 0 bridgehead atoms. The number of thiophene rings is 1. The third kappa shape index (κ3) is 7.53. The predicted octanol–water partition coefficient (Wildman–Crippen LogP) is 8.46. The van der Waals surface area contributed by atoms with Gasteiger partial charge in [-0.05, 0) is 67.1 Å². The summed E-state index contributed by atoms with van der Waals surface area (Å²) in [6, 6.07) is 17.8. The molecule has 0 saturated carbocycles. The summed E-state index contributed by atoms with van der Waals surface area (Å²) < 4.78 is 69.4. The van der Waals surface area contributed by atoms with Gasteiger partial charge in [-0.15, -0.1) is 11.3 Å². The van der Waals surface area contributed by atoms with Gasteiger partial charge in [0.1, 0.15) is 22.9 Å². The predicted molar refractivity (Wildman–Crippen MR) is 190 cm³/mol. The number of likely N-dealkylation sites (tertiary alicyclic amines) is 1. The summed E-state index contributed by atoms with van der Waals surface area (Å²) in [5.41, 5.74) is 1.65. The fourth-order valence-electron chi connectivity index (χ4n) is 5.86. The molecule has 0 spiro atoms. The zero-order valence-electron chi connectivity index (χ0n) is 27.7. The van der Waals surface area contributed by atoms with Crippen LogP contribution in [-0.4, -0.2) is 51.0 Å². The smallest absolute Gasteiger partial charge is 0.271 e. The Morgan fingerprint density at radius 3 is 2.44 bits per heavy atom. The van der Waals surface area contributed by atoms with Crippen LogP contribution in [0, 0.1) is 11.6 Å². The van der Waals surface area contributed by atoms with Gasteiger partial charge < -0.3 is 14.8 Å². The van der Waals surface area contributed by atoms with Gasteiger partial charge in [0.25, 0.3) is 17.4 Å². The highest BCUT2D eigenvalue weighted by Gasteiger charge is 2.33. The highest BCUT2D eigenvalue weighted by Crippen LogP contribution is 2.39. The number of alkyl halides is 2. The molecule has 1 amide bonds. The monoisotopic (exact) mass is 729 g/mol. The van der Waals surface area contributed by atoms with Crippen LogP contribution in [-0.2, 0) is 6.54 Å². The number of carbonyl (C=O) groups excluding carboxylic acids is 1. The van der Waals surface area contributed by atoms with Crippen molar-refractivity contribution < 1.29 is 31.8 Å². The first-order chi connectivity index (χ1) is 25.1. The van der Waals surface area contributed by atoms with E-state index in [0.717, 1.165) is 16.5 Å². The molecule has 0 atom stereocenters. The van der Waals surface area contributed by atoms with E-state index in [1.807, 2.05) is 23.1 Å². The Hall–Kier alpha value is -5.60. The number of fused-ring (bicyclic) bond motifs is 1. The van der Waals surface area contributed by atoms with Crippen molar-refractivity contribution in [1.29, 1.82) is 0 Å². The van der Waals surface area contributed by atoms with E-state index in [2.05, 4.69) is 15.3 Å². The van der Waals surface area contributed by atoms with Gasteiger partial charge >= 0.3 is 0 Å². The molecule has 52 heavy (non-hydrogen) atoms. The molecule has 0 radical (unpaired) electrons. The minimum absolute atomic E-state index is 0.0408. The van der Waals surface area contributed by atoms with Crippen molar-refractivity contribution in [2.75, 3.05) is 25.0 Å². The highest BCUT2D eigenvalue weighted by molar-refractivity contribution is 7.22. The SMILES string of the molecule is CCOc1ccn(-c2ccc(F)cc2)c(=O)c1C(=O)Nc1ccc(Oc2ccnc3cc(-c4ccc(CN5CCC(F)(F)CC5)cn4)sc23)c(F)c1. The lowest BCUT2D eigenvalue weighted by Gasteiger charge is -2.31. The zero-order chi connectivity index (χ0) is 36.4. The third-order valence-corrected chi connectivity index (χ3v) is 9.70. The van der Waals surface area contributed by atoms with Gasteiger partial charge in [-0.2, -0.15) is 0 Å². The van der Waals surface area contributed by atoms with Crippen LogP contribution in [0.25, 0.3) is 26.5 Å². The Bertz CT molecular complexity index is 2300. The number of anilines is 1. The maximum absolute atomic E-state index is 15.4. The maximum atomic E-state index is 15.4. The first kappa shape index (κ1) is 34.8. The molecular formula is C38H31F4N5O4S. The molecule has 1 aliphatic rings. The van der Waals surface area contributed by atoms with Crippen LogP contribution in [0.2, 0.25) is 0 Å². The van der Waals surface area contributed by atoms with Crippen LogP contribution in [0.1, 0.15) is 35.7 Å². The van der Waals surface area contributed by atoms with Gasteiger partial charge in [0.15, 0.2) is 11.6 Å². The van der Waals surface area contributed by atoms with Crippen molar-refractivity contribution in [2.45, 2.75) is 32.2 Å². The normalized spacial score (nSPS) is 14.3. The molecule has 266 valence electrons. The molecule has 1 aliphatic heterocycles. The number of pyridine rings is 3. The number of amides is 1. The highest BCUT2D eigenvalue weighted by atomic mass is 32.1. The molecule has 2 aromatic carbocycles. The molecule has 7 rings (SSSR count). The van der Waals surface area contributed by atoms with E-state index in [1.165, 1.54) is 64.6 Å². The van der Waals surface area contributed by atoms with E-state index in [4.69, 9.17) is 9.47 Å². The molecule has 1 N–H and O–H groups in total. The minimum atomic E-state index is -2.59. The lowest BCUT2D eigenvalue weighted by atomic mass is 10.1. The first-order valence-electron chi connectivity index (χ1n) is 16.4. The molecule has 1 saturated heterocycles. The summed E-state index contributed by atoms with van der Waals surface area (Å²) in [5.74, 6) is -4.36. The molecule has 14 heteroatoms. The summed E-state index contributed by atoms with van der Waals surface area (Å²) in [6.07, 6.45) is 4.43. The second-order valence-electron chi connectivity index (χ2n) is 12.2. The van der Waals surface area contributed by atoms with Crippen LogP contribution in [0.15, 0.2) is 96.2 Å². The van der Waals surface area contributed by atoms with Crippen LogP contribution < -0.4 is 20.3 Å². The lowest BCUT2D eigenvalue weighted by molar-refractivity contribution is -0.0566. The number of piperidine rings is 1. The molecule has 9 nitrogen and oxygen atoms in total. The van der Waals surface area contributed by atoms with E-state index in [9.17, 15) is 22.8 Å². The summed E-state index contributed by atoms with van der Waals surface area (Å²) in [6.45, 7) is 3.10. The minimum Gasteiger partial charge on any atom is -0.493 e. The molecule has 6 aromatic rings. The average Bonchev–Trinajstić information content (AvgIpc) is 3.57. The third-order valence-electron chi connectivity index (χ3n) is 8.54. The standard InChI is InChI=1S/C38H31F4N5O4S/c1-2-50-31-12-16-47(26-7-4-24(39)5-8-26)37(49)34(31)36(48)45-25-6-10-30(27(40)19-25)51-32-11-15-43-29-20-33(52-35(29)32)28-9-3-23(21-44-28)22-46-17-13-38(41,42)14-18-46/h3-12,15-16,19-21H,2,13-14,17-18,22H2,1H3,(H,45,48). The van der Waals surface area contributed by atoms with Gasteiger partial charge in [0.05, 0.1) is 27.4 Å². The van der Waals surface area contributed by atoms with Gasteiger partial charge in [0.2, 0.25) is 0 Å². The summed E-state index contributed by atoms with van der Waals surface area (Å²) in [5, 5.41) is 2.56. The van der Waals surface area contributed by atoms with Crippen molar-refractivity contribution in [2.24, 2.45) is 0 Å². The summed E-state index contributed by atoms with van der Waals surface area (Å²) in [4.78, 5) is 38.6. The van der Waals surface area contributed by atoms with E-state index in [1.54, 1.807) is 25.4 Å². The van der Waals surface area contributed by atoms with E-state index < -0.39 is 29.0 Å². The van der Waals surface area contributed by atoms with Gasteiger partial charge in [-0.25, -0.2) is 17.6 Å². The van der Waals surface area contributed by atoms with Gasteiger partial charge in [0, 0.05) is 74.6 Å². The quantitative estimate of drug-likeness (QED) is 0.141. The Labute approximate surface area is 299 Å². The number of nitrogens with zero attached hydrogens (tertiary/aromatic N) is 4. The zero-order valence-corrected chi connectivity index (χ0v) is 28.6. The topological polar surface area (TPSA) is 98.6 Å². The Morgan fingerprint density at radius 1 is 0.942 bits per heavy atom. The van der Waals surface area contributed by atoms with Crippen molar-refractivity contribution in [3.8, 4) is 33.5 Å². The van der Waals surface area contributed by atoms with Crippen LogP contribution in [0.3, 0.4) is 0 Å². The number of ether oxygens (including phenoxy) is 2. The fourth-order valence-corrected chi connectivity index (χ4v) is 6.91. The van der Waals surface area contributed by atoms with Gasteiger partial charge in [-0.3, -0.25) is 29.0 Å². The number of nitrogens with one attached hydrogen (secondary N) is 1. The fraction of sp³-hybridized carbons (Fsp3) is 0.211. The number of halogens is 4. The van der Waals surface area contributed by atoms with E-state index >= 15 is 4.39 Å². The largest absolute Gasteiger partial charge is 0.493 e. The molecule has 0 aliphatic carbocycles. The van der Waals surface area contributed by atoms with Crippen molar-refractivity contribution in [3.05, 3.63) is 125 Å². The Balaban J connectivity index is 1.07. The Kier molecular flexibility index (Phi) is 9.75. The van der Waals surface area contributed by atoms with Gasteiger partial charge in [-0.1, -0.05) is 6.07 Å². The number of hydrogen-bond acceptors (Lipinski definition) is 8.